The number of thiazole rings is 1. The molecule has 3 aromatic rings. The number of carbonyl (C=O) groups excluding carboxylic acids is 2. The van der Waals surface area contributed by atoms with E-state index in [1.165, 1.54) is 23.5 Å². The lowest BCUT2D eigenvalue weighted by Crippen LogP contribution is -2.34. The Morgan fingerprint density at radius 1 is 1.03 bits per heavy atom. The number of hydrogen-bond donors (Lipinski definition) is 2. The van der Waals surface area contributed by atoms with Crippen LogP contribution in [0.4, 0.5) is 4.39 Å². The van der Waals surface area contributed by atoms with Crippen LogP contribution < -0.4 is 10.6 Å². The van der Waals surface area contributed by atoms with Crippen LogP contribution in [-0.2, 0) is 6.42 Å². The van der Waals surface area contributed by atoms with Crippen LogP contribution in [0.15, 0.2) is 48.5 Å². The maximum atomic E-state index is 13.0. The maximum absolute atomic E-state index is 13.0. The standard InChI is InChI=1S/C21H19ClFN3O2S/c1-13-19(29-18(26-13)12-14-6-8-15(23)9-7-14)21(28)25-11-10-24-20(27)16-4-2-3-5-17(16)22/h2-9H,10-12H2,1H3,(H,24,27)(H,25,28). The van der Waals surface area contributed by atoms with Crippen molar-refractivity contribution in [1.29, 1.82) is 0 Å². The van der Waals surface area contributed by atoms with Crippen LogP contribution in [0.5, 0.6) is 0 Å². The summed E-state index contributed by atoms with van der Waals surface area (Å²) in [5.41, 5.74) is 1.96. The van der Waals surface area contributed by atoms with Crippen molar-refractivity contribution in [2.24, 2.45) is 0 Å². The number of rotatable bonds is 7. The lowest BCUT2D eigenvalue weighted by atomic mass is 10.1. The van der Waals surface area contributed by atoms with E-state index >= 15 is 0 Å². The third-order valence-corrected chi connectivity index (χ3v) is 5.62. The average Bonchev–Trinajstić information content (AvgIpc) is 3.07. The topological polar surface area (TPSA) is 71.1 Å². The highest BCUT2D eigenvalue weighted by molar-refractivity contribution is 7.13. The van der Waals surface area contributed by atoms with Crippen molar-refractivity contribution in [3.8, 4) is 0 Å². The molecule has 0 bridgehead atoms. The van der Waals surface area contributed by atoms with Gasteiger partial charge in [0.05, 0.1) is 21.3 Å². The largest absolute Gasteiger partial charge is 0.350 e. The first-order chi connectivity index (χ1) is 13.9. The van der Waals surface area contributed by atoms with Crippen molar-refractivity contribution in [2.75, 3.05) is 13.1 Å². The zero-order valence-electron chi connectivity index (χ0n) is 15.7. The Morgan fingerprint density at radius 2 is 1.69 bits per heavy atom. The van der Waals surface area contributed by atoms with E-state index < -0.39 is 0 Å². The SMILES string of the molecule is Cc1nc(Cc2ccc(F)cc2)sc1C(=O)NCCNC(=O)c1ccccc1Cl. The summed E-state index contributed by atoms with van der Waals surface area (Å²) >= 11 is 7.30. The van der Waals surface area contributed by atoms with Crippen molar-refractivity contribution in [1.82, 2.24) is 15.6 Å². The fraction of sp³-hybridized carbons (Fsp3) is 0.190. The lowest BCUT2D eigenvalue weighted by molar-refractivity contribution is 0.0929. The van der Waals surface area contributed by atoms with Gasteiger partial charge >= 0.3 is 0 Å². The number of halogens is 2. The van der Waals surface area contributed by atoms with Crippen molar-refractivity contribution in [3.05, 3.63) is 86.1 Å². The molecular formula is C21H19ClFN3O2S. The molecule has 0 aliphatic carbocycles. The zero-order chi connectivity index (χ0) is 20.8. The van der Waals surface area contributed by atoms with Gasteiger partial charge in [0.25, 0.3) is 11.8 Å². The monoisotopic (exact) mass is 431 g/mol. The summed E-state index contributed by atoms with van der Waals surface area (Å²) in [7, 11) is 0. The number of aromatic nitrogens is 1. The smallest absolute Gasteiger partial charge is 0.263 e. The number of amides is 2. The molecular weight excluding hydrogens is 413 g/mol. The number of hydrogen-bond acceptors (Lipinski definition) is 4. The summed E-state index contributed by atoms with van der Waals surface area (Å²) in [4.78, 5) is 29.5. The summed E-state index contributed by atoms with van der Waals surface area (Å²) in [5, 5.41) is 6.66. The molecule has 3 rings (SSSR count). The number of benzene rings is 2. The van der Waals surface area contributed by atoms with Gasteiger partial charge in [-0.1, -0.05) is 35.9 Å². The van der Waals surface area contributed by atoms with Gasteiger partial charge in [-0.05, 0) is 36.8 Å². The fourth-order valence-corrected chi connectivity index (χ4v) is 3.93. The van der Waals surface area contributed by atoms with Gasteiger partial charge in [0.2, 0.25) is 0 Å². The first kappa shape index (κ1) is 21.0. The van der Waals surface area contributed by atoms with Crippen LogP contribution in [0, 0.1) is 12.7 Å². The van der Waals surface area contributed by atoms with Gasteiger partial charge in [-0.25, -0.2) is 9.37 Å². The van der Waals surface area contributed by atoms with E-state index in [-0.39, 0.29) is 30.7 Å². The first-order valence-corrected chi connectivity index (χ1v) is 10.1. The molecule has 29 heavy (non-hydrogen) atoms. The zero-order valence-corrected chi connectivity index (χ0v) is 17.2. The van der Waals surface area contributed by atoms with Crippen LogP contribution in [0.1, 0.15) is 36.3 Å². The molecule has 2 amide bonds. The third-order valence-electron chi connectivity index (χ3n) is 4.13. The highest BCUT2D eigenvalue weighted by Crippen LogP contribution is 2.21. The van der Waals surface area contributed by atoms with E-state index in [4.69, 9.17) is 11.6 Å². The van der Waals surface area contributed by atoms with E-state index in [2.05, 4.69) is 15.6 Å². The molecule has 1 heterocycles. The number of nitrogens with one attached hydrogen (secondary N) is 2. The Kier molecular flexibility index (Phi) is 6.95. The Morgan fingerprint density at radius 3 is 2.38 bits per heavy atom. The molecule has 150 valence electrons. The Labute approximate surface area is 176 Å². The molecule has 0 saturated carbocycles. The summed E-state index contributed by atoms with van der Waals surface area (Å²) < 4.78 is 13.0. The van der Waals surface area contributed by atoms with Gasteiger partial charge in [-0.3, -0.25) is 9.59 Å². The molecule has 8 heteroatoms. The normalized spacial score (nSPS) is 10.6. The minimum absolute atomic E-state index is 0.239. The van der Waals surface area contributed by atoms with Crippen molar-refractivity contribution >= 4 is 34.8 Å². The van der Waals surface area contributed by atoms with E-state index in [9.17, 15) is 14.0 Å². The number of carbonyl (C=O) groups is 2. The summed E-state index contributed by atoms with van der Waals surface area (Å²) in [6, 6.07) is 13.0. The van der Waals surface area contributed by atoms with Crippen molar-refractivity contribution in [2.45, 2.75) is 13.3 Å². The van der Waals surface area contributed by atoms with Gasteiger partial charge < -0.3 is 10.6 Å². The third kappa shape index (κ3) is 5.62. The molecule has 0 saturated heterocycles. The maximum Gasteiger partial charge on any atom is 0.263 e. The molecule has 2 N–H and O–H groups in total. The Hall–Kier alpha value is -2.77. The van der Waals surface area contributed by atoms with Crippen LogP contribution in [0.25, 0.3) is 0 Å². The molecule has 2 aromatic carbocycles. The van der Waals surface area contributed by atoms with Crippen LogP contribution in [-0.4, -0.2) is 29.9 Å². The first-order valence-electron chi connectivity index (χ1n) is 8.95. The minimum atomic E-state index is -0.291. The summed E-state index contributed by atoms with van der Waals surface area (Å²) in [6.45, 7) is 2.33. The number of aryl methyl sites for hydroxylation is 1. The van der Waals surface area contributed by atoms with Crippen LogP contribution in [0.2, 0.25) is 5.02 Å². The second kappa shape index (κ2) is 9.62. The lowest BCUT2D eigenvalue weighted by Gasteiger charge is -2.07. The number of nitrogens with zero attached hydrogens (tertiary/aromatic N) is 1. The molecule has 0 fully saturated rings. The van der Waals surface area contributed by atoms with Crippen LogP contribution in [0.3, 0.4) is 0 Å². The second-order valence-corrected chi connectivity index (χ2v) is 7.81. The highest BCUT2D eigenvalue weighted by Gasteiger charge is 2.15. The highest BCUT2D eigenvalue weighted by atomic mass is 35.5. The molecule has 0 atom stereocenters. The van der Waals surface area contributed by atoms with Gasteiger partial charge in [0.1, 0.15) is 10.7 Å². The van der Waals surface area contributed by atoms with Crippen molar-refractivity contribution in [3.63, 3.8) is 0 Å². The van der Waals surface area contributed by atoms with Gasteiger partial charge in [-0.15, -0.1) is 11.3 Å². The average molecular weight is 432 g/mol. The van der Waals surface area contributed by atoms with Gasteiger partial charge in [-0.2, -0.15) is 0 Å². The van der Waals surface area contributed by atoms with Crippen molar-refractivity contribution < 1.29 is 14.0 Å². The Balaban J connectivity index is 1.50. The van der Waals surface area contributed by atoms with E-state index in [0.717, 1.165) is 10.6 Å². The van der Waals surface area contributed by atoms with Gasteiger partial charge in [0.15, 0.2) is 0 Å². The molecule has 0 spiro atoms. The molecule has 0 aliphatic heterocycles. The minimum Gasteiger partial charge on any atom is -0.350 e. The van der Waals surface area contributed by atoms with E-state index in [1.54, 1.807) is 43.3 Å². The predicted molar refractivity (Wildman–Crippen MR) is 112 cm³/mol. The molecule has 5 nitrogen and oxygen atoms in total. The molecule has 0 radical (unpaired) electrons. The molecule has 1 aromatic heterocycles. The van der Waals surface area contributed by atoms with E-state index in [1.807, 2.05) is 0 Å². The second-order valence-electron chi connectivity index (χ2n) is 6.32. The predicted octanol–water partition coefficient (Wildman–Crippen LogP) is 3.99. The summed E-state index contributed by atoms with van der Waals surface area (Å²) in [6.07, 6.45) is 0.535. The fourth-order valence-electron chi connectivity index (χ4n) is 2.69. The van der Waals surface area contributed by atoms with Crippen LogP contribution >= 0.6 is 22.9 Å². The molecule has 0 unspecified atom stereocenters. The van der Waals surface area contributed by atoms with E-state index in [0.29, 0.717) is 27.6 Å². The quantitative estimate of drug-likeness (QED) is 0.555. The molecule has 0 aliphatic rings. The summed E-state index contributed by atoms with van der Waals surface area (Å²) in [5.74, 6) is -0.816. The van der Waals surface area contributed by atoms with Gasteiger partial charge in [0, 0.05) is 19.5 Å². The Bertz CT molecular complexity index is 1020.